The minimum atomic E-state index is -0.890. The van der Waals surface area contributed by atoms with Gasteiger partial charge in [-0.25, -0.2) is 4.79 Å². The zero-order valence-electron chi connectivity index (χ0n) is 13.5. The SMILES string of the molecule is Cn1c(C(=O)O)cc2ccccc21.Nc1ccc2c(c1)NC(=O)CO2. The van der Waals surface area contributed by atoms with Crippen molar-refractivity contribution in [1.82, 2.24) is 4.57 Å². The van der Waals surface area contributed by atoms with Crippen molar-refractivity contribution < 1.29 is 19.4 Å². The van der Waals surface area contributed by atoms with E-state index in [0.717, 1.165) is 10.9 Å². The predicted octanol–water partition coefficient (Wildman–Crippen LogP) is 2.48. The van der Waals surface area contributed by atoms with E-state index in [2.05, 4.69) is 5.32 Å². The van der Waals surface area contributed by atoms with Gasteiger partial charge in [-0.05, 0) is 30.3 Å². The maximum absolute atomic E-state index is 10.9. The topological polar surface area (TPSA) is 107 Å². The molecule has 0 atom stereocenters. The number of nitrogen functional groups attached to an aromatic ring is 1. The number of aromatic nitrogens is 1. The smallest absolute Gasteiger partial charge is 0.352 e. The molecule has 0 unspecified atom stereocenters. The summed E-state index contributed by atoms with van der Waals surface area (Å²) in [5, 5.41) is 12.5. The fourth-order valence-corrected chi connectivity index (χ4v) is 2.59. The number of aromatic carboxylic acids is 1. The number of carbonyl (C=O) groups is 2. The van der Waals surface area contributed by atoms with Gasteiger partial charge in [-0.15, -0.1) is 0 Å². The number of carbonyl (C=O) groups excluding carboxylic acids is 1. The number of benzene rings is 2. The Bertz CT molecular complexity index is 962. The summed E-state index contributed by atoms with van der Waals surface area (Å²) < 4.78 is 6.80. The largest absolute Gasteiger partial charge is 0.482 e. The Labute approximate surface area is 143 Å². The lowest BCUT2D eigenvalue weighted by molar-refractivity contribution is -0.118. The summed E-state index contributed by atoms with van der Waals surface area (Å²) in [5.74, 6) is -0.365. The Balaban J connectivity index is 0.000000146. The van der Waals surface area contributed by atoms with Crippen LogP contribution in [0.5, 0.6) is 5.75 Å². The molecular formula is C18H17N3O4. The first-order valence-electron chi connectivity index (χ1n) is 7.55. The monoisotopic (exact) mass is 339 g/mol. The van der Waals surface area contributed by atoms with Crippen LogP contribution in [-0.4, -0.2) is 28.2 Å². The second kappa shape index (κ2) is 6.56. The zero-order valence-corrected chi connectivity index (χ0v) is 13.5. The number of hydrogen-bond donors (Lipinski definition) is 3. The Hall–Kier alpha value is -3.48. The van der Waals surface area contributed by atoms with Crippen molar-refractivity contribution in [1.29, 1.82) is 0 Å². The van der Waals surface area contributed by atoms with E-state index in [0.29, 0.717) is 22.8 Å². The number of nitrogens with zero attached hydrogens (tertiary/aromatic N) is 1. The molecule has 2 heterocycles. The molecule has 7 heteroatoms. The molecule has 1 aliphatic heterocycles. The predicted molar refractivity (Wildman–Crippen MR) is 94.9 cm³/mol. The Morgan fingerprint density at radius 3 is 2.72 bits per heavy atom. The number of rotatable bonds is 1. The molecule has 0 radical (unpaired) electrons. The van der Waals surface area contributed by atoms with E-state index in [1.807, 2.05) is 24.3 Å². The Kier molecular flexibility index (Phi) is 4.30. The fraction of sp³-hybridized carbons (Fsp3) is 0.111. The number of aryl methyl sites for hydroxylation is 1. The molecule has 1 aliphatic rings. The van der Waals surface area contributed by atoms with Crippen molar-refractivity contribution in [2.24, 2.45) is 7.05 Å². The molecule has 0 aliphatic carbocycles. The molecule has 3 aromatic rings. The van der Waals surface area contributed by atoms with Gasteiger partial charge in [0, 0.05) is 23.6 Å². The maximum Gasteiger partial charge on any atom is 0.352 e. The van der Waals surface area contributed by atoms with Gasteiger partial charge < -0.3 is 25.5 Å². The summed E-state index contributed by atoms with van der Waals surface area (Å²) in [6, 6.07) is 14.4. The number of carboxylic acid groups (broad SMARTS) is 1. The molecule has 1 amide bonds. The van der Waals surface area contributed by atoms with Crippen molar-refractivity contribution in [3.05, 3.63) is 54.2 Å². The molecule has 128 valence electrons. The van der Waals surface area contributed by atoms with Gasteiger partial charge in [0.15, 0.2) is 6.61 Å². The minimum absolute atomic E-state index is 0.0803. The normalized spacial score (nSPS) is 12.4. The third kappa shape index (κ3) is 3.40. The average molecular weight is 339 g/mol. The Morgan fingerprint density at radius 1 is 1.24 bits per heavy atom. The van der Waals surface area contributed by atoms with Crippen molar-refractivity contribution in [3.63, 3.8) is 0 Å². The molecule has 7 nitrogen and oxygen atoms in total. The van der Waals surface area contributed by atoms with E-state index in [-0.39, 0.29) is 12.5 Å². The number of fused-ring (bicyclic) bond motifs is 2. The molecule has 0 saturated carbocycles. The second-order valence-electron chi connectivity index (χ2n) is 5.55. The third-order valence-corrected chi connectivity index (χ3v) is 3.81. The highest BCUT2D eigenvalue weighted by molar-refractivity contribution is 5.96. The number of nitrogens with two attached hydrogens (primary N) is 1. The van der Waals surface area contributed by atoms with Crippen LogP contribution in [-0.2, 0) is 11.8 Å². The average Bonchev–Trinajstić information content (AvgIpc) is 2.93. The molecule has 4 N–H and O–H groups in total. The number of hydrogen-bond acceptors (Lipinski definition) is 4. The van der Waals surface area contributed by atoms with Crippen molar-refractivity contribution >= 4 is 34.2 Å². The van der Waals surface area contributed by atoms with Crippen LogP contribution in [0, 0.1) is 0 Å². The van der Waals surface area contributed by atoms with Gasteiger partial charge in [-0.1, -0.05) is 18.2 Å². The van der Waals surface area contributed by atoms with E-state index in [1.165, 1.54) is 0 Å². The van der Waals surface area contributed by atoms with Crippen LogP contribution in [0.2, 0.25) is 0 Å². The molecule has 1 aromatic heterocycles. The quantitative estimate of drug-likeness (QED) is 0.591. The Morgan fingerprint density at radius 2 is 2.00 bits per heavy atom. The highest BCUT2D eigenvalue weighted by atomic mass is 16.5. The number of ether oxygens (including phenoxy) is 1. The van der Waals surface area contributed by atoms with Gasteiger partial charge in [0.25, 0.3) is 5.91 Å². The number of nitrogens with one attached hydrogen (secondary N) is 1. The standard InChI is InChI=1S/C10H9NO2.C8H8N2O2/c1-11-8-5-3-2-4-7(8)6-9(11)10(12)13;9-5-1-2-7-6(3-5)10-8(11)4-12-7/h2-6H,1H3,(H,12,13);1-3H,4,9H2,(H,10,11). The van der Waals surface area contributed by atoms with Gasteiger partial charge in [0.05, 0.1) is 5.69 Å². The summed E-state index contributed by atoms with van der Waals surface area (Å²) >= 11 is 0. The van der Waals surface area contributed by atoms with Crippen molar-refractivity contribution in [2.45, 2.75) is 0 Å². The fourth-order valence-electron chi connectivity index (χ4n) is 2.59. The highest BCUT2D eigenvalue weighted by Crippen LogP contribution is 2.28. The van der Waals surface area contributed by atoms with E-state index in [9.17, 15) is 9.59 Å². The van der Waals surface area contributed by atoms with E-state index >= 15 is 0 Å². The molecule has 0 fully saturated rings. The summed E-state index contributed by atoms with van der Waals surface area (Å²) in [6.07, 6.45) is 0. The highest BCUT2D eigenvalue weighted by Gasteiger charge is 2.15. The van der Waals surface area contributed by atoms with Gasteiger partial charge in [0.2, 0.25) is 0 Å². The van der Waals surface area contributed by atoms with Crippen LogP contribution in [0.1, 0.15) is 10.5 Å². The van der Waals surface area contributed by atoms with Crippen LogP contribution in [0.4, 0.5) is 11.4 Å². The zero-order chi connectivity index (χ0) is 18.0. The first-order chi connectivity index (χ1) is 12.0. The first-order valence-corrected chi connectivity index (χ1v) is 7.55. The molecule has 0 spiro atoms. The van der Waals surface area contributed by atoms with Gasteiger partial charge >= 0.3 is 5.97 Å². The van der Waals surface area contributed by atoms with E-state index in [1.54, 1.807) is 35.9 Å². The lowest BCUT2D eigenvalue weighted by atomic mass is 10.2. The number of para-hydroxylation sites is 1. The number of carboxylic acids is 1. The molecule has 0 saturated heterocycles. The molecule has 0 bridgehead atoms. The lowest BCUT2D eigenvalue weighted by Crippen LogP contribution is -2.25. The van der Waals surface area contributed by atoms with Gasteiger partial charge in [-0.3, -0.25) is 4.79 Å². The summed E-state index contributed by atoms with van der Waals surface area (Å²) in [6.45, 7) is 0.0803. The molecule has 2 aromatic carbocycles. The van der Waals surface area contributed by atoms with Crippen LogP contribution < -0.4 is 15.8 Å². The lowest BCUT2D eigenvalue weighted by Gasteiger charge is -2.17. The number of amides is 1. The maximum atomic E-state index is 10.9. The van der Waals surface area contributed by atoms with Crippen LogP contribution in [0.25, 0.3) is 10.9 Å². The molecule has 25 heavy (non-hydrogen) atoms. The summed E-state index contributed by atoms with van der Waals surface area (Å²) in [5.41, 5.74) is 8.04. The molecule has 4 rings (SSSR count). The van der Waals surface area contributed by atoms with Crippen molar-refractivity contribution in [3.8, 4) is 5.75 Å². The summed E-state index contributed by atoms with van der Waals surface area (Å²) in [7, 11) is 1.76. The van der Waals surface area contributed by atoms with Crippen molar-refractivity contribution in [2.75, 3.05) is 17.7 Å². The van der Waals surface area contributed by atoms with Crippen LogP contribution in [0.3, 0.4) is 0 Å². The first kappa shape index (κ1) is 16.4. The summed E-state index contributed by atoms with van der Waals surface area (Å²) in [4.78, 5) is 21.6. The number of anilines is 2. The molecular weight excluding hydrogens is 322 g/mol. The van der Waals surface area contributed by atoms with Crippen LogP contribution in [0.15, 0.2) is 48.5 Å². The van der Waals surface area contributed by atoms with Crippen LogP contribution >= 0.6 is 0 Å². The van der Waals surface area contributed by atoms with E-state index < -0.39 is 5.97 Å². The van der Waals surface area contributed by atoms with E-state index in [4.69, 9.17) is 15.6 Å². The van der Waals surface area contributed by atoms with Gasteiger partial charge in [0.1, 0.15) is 11.4 Å². The second-order valence-corrected chi connectivity index (χ2v) is 5.55. The third-order valence-electron chi connectivity index (χ3n) is 3.81. The van der Waals surface area contributed by atoms with Gasteiger partial charge in [-0.2, -0.15) is 0 Å². The minimum Gasteiger partial charge on any atom is -0.482 e.